The second kappa shape index (κ2) is 8.03. The van der Waals surface area contributed by atoms with Crippen LogP contribution in [-0.4, -0.2) is 28.6 Å². The van der Waals surface area contributed by atoms with E-state index >= 15 is 0 Å². The first kappa shape index (κ1) is 14.9. The van der Waals surface area contributed by atoms with Crippen molar-refractivity contribution in [1.29, 1.82) is 0 Å². The minimum absolute atomic E-state index is 0.666. The molecule has 0 spiro atoms. The normalized spacial score (nSPS) is 17.0. The Labute approximate surface area is 107 Å². The lowest BCUT2D eigenvalue weighted by atomic mass is 10.0. The largest absolute Gasteiger partial charge is 0.505 e. The minimum atomic E-state index is -2.45. The van der Waals surface area contributed by atoms with Crippen LogP contribution in [0.3, 0.4) is 0 Å². The quantitative estimate of drug-likeness (QED) is 0.492. The van der Waals surface area contributed by atoms with E-state index in [1.54, 1.807) is 0 Å². The van der Waals surface area contributed by atoms with Gasteiger partial charge >= 0.3 is 8.80 Å². The van der Waals surface area contributed by atoms with Crippen LogP contribution >= 0.6 is 0 Å². The number of allylic oxidation sites excluding steroid dienone is 2. The summed E-state index contributed by atoms with van der Waals surface area (Å²) in [6.07, 6.45) is 7.34. The summed E-state index contributed by atoms with van der Waals surface area (Å²) in [6.45, 7) is 8.03. The van der Waals surface area contributed by atoms with E-state index in [1.807, 2.05) is 20.8 Å². The molecule has 1 aliphatic carbocycles. The second-order valence-corrected chi connectivity index (χ2v) is 6.85. The average Bonchev–Trinajstić information content (AvgIpc) is 2.31. The maximum absolute atomic E-state index is 5.87. The highest BCUT2D eigenvalue weighted by Crippen LogP contribution is 2.28. The van der Waals surface area contributed by atoms with Crippen molar-refractivity contribution in [3.8, 4) is 0 Å². The molecule has 0 aliphatic heterocycles. The van der Waals surface area contributed by atoms with Crippen molar-refractivity contribution in [2.24, 2.45) is 0 Å². The Morgan fingerprint density at radius 1 is 1.00 bits per heavy atom. The molecule has 0 saturated heterocycles. The number of hydrogen-bond donors (Lipinski definition) is 0. The first-order chi connectivity index (χ1) is 8.26. The molecule has 3 nitrogen and oxygen atoms in total. The molecule has 0 atom stereocenters. The molecule has 0 heterocycles. The fraction of sp³-hybridized carbons (Fsp3) is 0.846. The summed E-state index contributed by atoms with van der Waals surface area (Å²) in [7, 11) is -2.45. The van der Waals surface area contributed by atoms with Crippen LogP contribution in [0.15, 0.2) is 11.6 Å². The van der Waals surface area contributed by atoms with Gasteiger partial charge in [0.05, 0.1) is 0 Å². The van der Waals surface area contributed by atoms with Gasteiger partial charge in [-0.2, -0.15) is 0 Å². The maximum Gasteiger partial charge on any atom is 0.505 e. The molecular formula is C13H26O3Si. The fourth-order valence-corrected chi connectivity index (χ4v) is 5.03. The van der Waals surface area contributed by atoms with Crippen molar-refractivity contribution < 1.29 is 13.3 Å². The van der Waals surface area contributed by atoms with Crippen molar-refractivity contribution >= 4 is 8.80 Å². The summed E-state index contributed by atoms with van der Waals surface area (Å²) in [5.41, 5.74) is 1.47. The van der Waals surface area contributed by atoms with Crippen molar-refractivity contribution in [3.05, 3.63) is 11.6 Å². The zero-order valence-electron chi connectivity index (χ0n) is 11.5. The van der Waals surface area contributed by atoms with E-state index in [1.165, 1.54) is 31.3 Å². The SMILES string of the molecule is CCO[Si](CC1=CCCCC1)(OCC)OCC. The predicted octanol–water partition coefficient (Wildman–Crippen LogP) is 3.54. The van der Waals surface area contributed by atoms with Crippen LogP contribution in [-0.2, 0) is 13.3 Å². The Kier molecular flexibility index (Phi) is 7.04. The summed E-state index contributed by atoms with van der Waals surface area (Å²) >= 11 is 0. The van der Waals surface area contributed by atoms with Crippen molar-refractivity contribution in [2.45, 2.75) is 52.5 Å². The number of hydrogen-bond acceptors (Lipinski definition) is 3. The van der Waals surface area contributed by atoms with Gasteiger partial charge in [0.25, 0.3) is 0 Å². The van der Waals surface area contributed by atoms with Crippen molar-refractivity contribution in [2.75, 3.05) is 19.8 Å². The first-order valence-electron chi connectivity index (χ1n) is 6.86. The molecular weight excluding hydrogens is 232 g/mol. The van der Waals surface area contributed by atoms with Gasteiger partial charge < -0.3 is 13.3 Å². The molecule has 0 unspecified atom stereocenters. The van der Waals surface area contributed by atoms with Gasteiger partial charge in [0.15, 0.2) is 0 Å². The van der Waals surface area contributed by atoms with E-state index in [0.717, 1.165) is 6.04 Å². The van der Waals surface area contributed by atoms with E-state index in [2.05, 4.69) is 6.08 Å². The van der Waals surface area contributed by atoms with Gasteiger partial charge in [0, 0.05) is 25.9 Å². The molecule has 1 aliphatic rings. The Balaban J connectivity index is 2.67. The molecule has 0 saturated carbocycles. The molecule has 1 rings (SSSR count). The highest BCUT2D eigenvalue weighted by atomic mass is 28.4. The van der Waals surface area contributed by atoms with Gasteiger partial charge in [0.2, 0.25) is 0 Å². The van der Waals surface area contributed by atoms with Gasteiger partial charge in [-0.15, -0.1) is 0 Å². The van der Waals surface area contributed by atoms with E-state index in [4.69, 9.17) is 13.3 Å². The van der Waals surface area contributed by atoms with Crippen LogP contribution in [0.4, 0.5) is 0 Å². The lowest BCUT2D eigenvalue weighted by Gasteiger charge is -2.30. The summed E-state index contributed by atoms with van der Waals surface area (Å²) in [6, 6.07) is 0.878. The maximum atomic E-state index is 5.87. The van der Waals surface area contributed by atoms with Gasteiger partial charge in [-0.25, -0.2) is 0 Å². The van der Waals surface area contributed by atoms with E-state index in [-0.39, 0.29) is 0 Å². The molecule has 0 N–H and O–H groups in total. The van der Waals surface area contributed by atoms with Crippen molar-refractivity contribution in [1.82, 2.24) is 0 Å². The van der Waals surface area contributed by atoms with Crippen LogP contribution in [0.25, 0.3) is 0 Å². The first-order valence-corrected chi connectivity index (χ1v) is 8.79. The molecule has 17 heavy (non-hydrogen) atoms. The van der Waals surface area contributed by atoms with Gasteiger partial charge in [-0.05, 0) is 46.5 Å². The molecule has 0 radical (unpaired) electrons. The summed E-state index contributed by atoms with van der Waals surface area (Å²) in [4.78, 5) is 0. The number of rotatable bonds is 8. The highest BCUT2D eigenvalue weighted by Gasteiger charge is 2.41. The summed E-state index contributed by atoms with van der Waals surface area (Å²) in [5, 5.41) is 0. The smallest absolute Gasteiger partial charge is 0.374 e. The third kappa shape index (κ3) is 4.92. The lowest BCUT2D eigenvalue weighted by molar-refractivity contribution is 0.0733. The van der Waals surface area contributed by atoms with Gasteiger partial charge in [0.1, 0.15) is 0 Å². The topological polar surface area (TPSA) is 27.7 Å². The third-order valence-corrected chi connectivity index (χ3v) is 5.99. The van der Waals surface area contributed by atoms with E-state index in [9.17, 15) is 0 Å². The van der Waals surface area contributed by atoms with Crippen LogP contribution in [0, 0.1) is 0 Å². The standard InChI is InChI=1S/C13H26O3Si/c1-4-14-17(15-5-2,16-6-3)12-13-10-8-7-9-11-13/h10H,4-9,11-12H2,1-3H3. The Bertz CT molecular complexity index is 224. The molecule has 0 aromatic carbocycles. The van der Waals surface area contributed by atoms with Gasteiger partial charge in [-0.3, -0.25) is 0 Å². The minimum Gasteiger partial charge on any atom is -0.374 e. The van der Waals surface area contributed by atoms with Gasteiger partial charge in [-0.1, -0.05) is 11.6 Å². The monoisotopic (exact) mass is 258 g/mol. The Morgan fingerprint density at radius 2 is 1.59 bits per heavy atom. The van der Waals surface area contributed by atoms with E-state index in [0.29, 0.717) is 19.8 Å². The lowest BCUT2D eigenvalue weighted by Crippen LogP contribution is -2.46. The molecule has 100 valence electrons. The van der Waals surface area contributed by atoms with Crippen LogP contribution < -0.4 is 0 Å². The summed E-state index contributed by atoms with van der Waals surface area (Å²) < 4.78 is 17.6. The van der Waals surface area contributed by atoms with E-state index < -0.39 is 8.80 Å². The predicted molar refractivity (Wildman–Crippen MR) is 72.0 cm³/mol. The Morgan fingerprint density at radius 3 is 2.00 bits per heavy atom. The average molecular weight is 258 g/mol. The molecule has 4 heteroatoms. The molecule has 0 amide bonds. The molecule has 0 bridgehead atoms. The van der Waals surface area contributed by atoms with Crippen molar-refractivity contribution in [3.63, 3.8) is 0 Å². The second-order valence-electron chi connectivity index (χ2n) is 4.27. The molecule has 0 aromatic heterocycles. The Hall–Kier alpha value is -0.163. The molecule has 0 aromatic rings. The van der Waals surface area contributed by atoms with Crippen LogP contribution in [0.2, 0.25) is 6.04 Å². The highest BCUT2D eigenvalue weighted by molar-refractivity contribution is 6.61. The summed E-state index contributed by atoms with van der Waals surface area (Å²) in [5.74, 6) is 0. The van der Waals surface area contributed by atoms with Crippen LogP contribution in [0.1, 0.15) is 46.5 Å². The van der Waals surface area contributed by atoms with Crippen LogP contribution in [0.5, 0.6) is 0 Å². The molecule has 0 fully saturated rings. The third-order valence-electron chi connectivity index (χ3n) is 2.92. The zero-order chi connectivity index (χ0) is 12.6. The zero-order valence-corrected chi connectivity index (χ0v) is 12.5. The fourth-order valence-electron chi connectivity index (χ4n) is 2.28.